The molecule has 0 spiro atoms. The van der Waals surface area contributed by atoms with Crippen molar-refractivity contribution in [2.45, 2.75) is 6.92 Å². The molecular formula is C13H15N2O2S+. The summed E-state index contributed by atoms with van der Waals surface area (Å²) in [6, 6.07) is 7.83. The van der Waals surface area contributed by atoms with Crippen molar-refractivity contribution in [3.8, 4) is 0 Å². The fourth-order valence-corrected chi connectivity index (χ4v) is 2.53. The van der Waals surface area contributed by atoms with Crippen LogP contribution in [0.2, 0.25) is 0 Å². The van der Waals surface area contributed by atoms with E-state index in [9.17, 15) is 9.59 Å². The van der Waals surface area contributed by atoms with Crippen LogP contribution >= 0.6 is 11.8 Å². The van der Waals surface area contributed by atoms with Crippen molar-refractivity contribution in [3.05, 3.63) is 40.3 Å². The van der Waals surface area contributed by atoms with Gasteiger partial charge in [0.1, 0.15) is 0 Å². The van der Waals surface area contributed by atoms with Crippen molar-refractivity contribution >= 4 is 29.0 Å². The molecule has 3 N–H and O–H groups in total. The molecular weight excluding hydrogens is 248 g/mol. The zero-order chi connectivity index (χ0) is 13.1. The van der Waals surface area contributed by atoms with E-state index in [0.29, 0.717) is 18.0 Å². The van der Waals surface area contributed by atoms with Gasteiger partial charge >= 0.3 is 0 Å². The maximum atomic E-state index is 12.0. The summed E-state index contributed by atoms with van der Waals surface area (Å²) in [7, 11) is 0. The summed E-state index contributed by atoms with van der Waals surface area (Å²) >= 11 is 0.992. The monoisotopic (exact) mass is 263 g/mol. The molecule has 0 saturated carbocycles. The highest BCUT2D eigenvalue weighted by Crippen LogP contribution is 2.31. The normalized spacial score (nSPS) is 17.9. The van der Waals surface area contributed by atoms with Crippen LogP contribution in [0.25, 0.3) is 6.08 Å². The molecule has 2 amide bonds. The molecule has 0 aromatic heterocycles. The molecule has 1 heterocycles. The first-order valence-corrected chi connectivity index (χ1v) is 6.55. The van der Waals surface area contributed by atoms with E-state index in [2.05, 4.69) is 5.73 Å². The molecule has 0 bridgehead atoms. The predicted molar refractivity (Wildman–Crippen MR) is 71.6 cm³/mol. The van der Waals surface area contributed by atoms with Crippen LogP contribution in [0.5, 0.6) is 0 Å². The molecule has 0 aliphatic carbocycles. The molecule has 0 unspecified atom stereocenters. The summed E-state index contributed by atoms with van der Waals surface area (Å²) < 4.78 is 0. The minimum Gasteiger partial charge on any atom is -0.356 e. The van der Waals surface area contributed by atoms with Gasteiger partial charge in [0.2, 0.25) is 0 Å². The maximum absolute atomic E-state index is 12.0. The fourth-order valence-electron chi connectivity index (χ4n) is 1.66. The molecule has 1 aliphatic rings. The molecule has 0 radical (unpaired) electrons. The number of imide groups is 1. The maximum Gasteiger partial charge on any atom is 0.293 e. The first-order valence-electron chi connectivity index (χ1n) is 5.73. The van der Waals surface area contributed by atoms with Crippen LogP contribution in [-0.4, -0.2) is 29.1 Å². The van der Waals surface area contributed by atoms with Gasteiger partial charge in [0.05, 0.1) is 18.0 Å². The summed E-state index contributed by atoms with van der Waals surface area (Å²) in [6.45, 7) is 2.93. The van der Waals surface area contributed by atoms with Crippen molar-refractivity contribution < 1.29 is 15.3 Å². The van der Waals surface area contributed by atoms with Crippen LogP contribution in [0.3, 0.4) is 0 Å². The van der Waals surface area contributed by atoms with Gasteiger partial charge in [0, 0.05) is 0 Å². The second-order valence-corrected chi connectivity index (χ2v) is 5.09. The van der Waals surface area contributed by atoms with E-state index in [0.717, 1.165) is 22.9 Å². The van der Waals surface area contributed by atoms with E-state index in [-0.39, 0.29) is 11.1 Å². The number of hydrogen-bond acceptors (Lipinski definition) is 3. The van der Waals surface area contributed by atoms with Crippen molar-refractivity contribution in [3.63, 3.8) is 0 Å². The summed E-state index contributed by atoms with van der Waals surface area (Å²) in [5, 5.41) is -0.206. The molecule has 1 fully saturated rings. The SMILES string of the molecule is Cc1ccc(/C=C2\SC(=O)N(CC[NH3+])C2=O)cc1. The molecule has 1 aromatic carbocycles. The first kappa shape index (κ1) is 12.9. The first-order chi connectivity index (χ1) is 8.61. The predicted octanol–water partition coefficient (Wildman–Crippen LogP) is 1.27. The number of nitrogens with zero attached hydrogens (tertiary/aromatic N) is 1. The van der Waals surface area contributed by atoms with E-state index >= 15 is 0 Å². The minimum absolute atomic E-state index is 0.206. The molecule has 1 saturated heterocycles. The van der Waals surface area contributed by atoms with Gasteiger partial charge in [-0.2, -0.15) is 0 Å². The van der Waals surface area contributed by atoms with E-state index in [1.807, 2.05) is 31.2 Å². The largest absolute Gasteiger partial charge is 0.356 e. The highest BCUT2D eigenvalue weighted by atomic mass is 32.2. The molecule has 0 atom stereocenters. The molecule has 2 rings (SSSR count). The molecule has 1 aromatic rings. The third-order valence-corrected chi connectivity index (χ3v) is 3.54. The van der Waals surface area contributed by atoms with Crippen molar-refractivity contribution in [1.29, 1.82) is 0 Å². The Kier molecular flexibility index (Phi) is 3.84. The van der Waals surface area contributed by atoms with Gasteiger partial charge in [-0.15, -0.1) is 0 Å². The number of aryl methyl sites for hydroxylation is 1. The van der Waals surface area contributed by atoms with Crippen LogP contribution < -0.4 is 5.73 Å². The van der Waals surface area contributed by atoms with Gasteiger partial charge in [0.15, 0.2) is 0 Å². The quantitative estimate of drug-likeness (QED) is 0.835. The van der Waals surface area contributed by atoms with Crippen LogP contribution in [0.15, 0.2) is 29.2 Å². The Labute approximate surface area is 110 Å². The lowest BCUT2D eigenvalue weighted by Crippen LogP contribution is -2.55. The topological polar surface area (TPSA) is 65.0 Å². The fraction of sp³-hybridized carbons (Fsp3) is 0.231. The van der Waals surface area contributed by atoms with E-state index < -0.39 is 0 Å². The number of carbonyl (C=O) groups excluding carboxylic acids is 2. The Bertz CT molecular complexity index is 508. The van der Waals surface area contributed by atoms with Gasteiger partial charge in [-0.1, -0.05) is 29.8 Å². The van der Waals surface area contributed by atoms with Gasteiger partial charge < -0.3 is 5.73 Å². The molecule has 1 aliphatic heterocycles. The lowest BCUT2D eigenvalue weighted by molar-refractivity contribution is -0.367. The molecule has 94 valence electrons. The number of rotatable bonds is 3. The minimum atomic E-state index is -0.214. The molecule has 18 heavy (non-hydrogen) atoms. The highest BCUT2D eigenvalue weighted by molar-refractivity contribution is 8.18. The van der Waals surface area contributed by atoms with Gasteiger partial charge in [-0.25, -0.2) is 0 Å². The summed E-state index contributed by atoms with van der Waals surface area (Å²) in [6.07, 6.45) is 1.76. The Morgan fingerprint density at radius 3 is 2.56 bits per heavy atom. The summed E-state index contributed by atoms with van der Waals surface area (Å²) in [5.74, 6) is -0.214. The molecule has 4 nitrogen and oxygen atoms in total. The van der Waals surface area contributed by atoms with Gasteiger partial charge in [0.25, 0.3) is 11.1 Å². The second-order valence-electron chi connectivity index (χ2n) is 4.10. The van der Waals surface area contributed by atoms with E-state index in [1.165, 1.54) is 4.90 Å². The highest BCUT2D eigenvalue weighted by Gasteiger charge is 2.34. The third-order valence-electron chi connectivity index (χ3n) is 2.63. The van der Waals surface area contributed by atoms with Crippen molar-refractivity contribution in [1.82, 2.24) is 4.90 Å². The van der Waals surface area contributed by atoms with Gasteiger partial charge in [-0.05, 0) is 30.3 Å². The number of thioether (sulfide) groups is 1. The third kappa shape index (κ3) is 2.63. The second kappa shape index (κ2) is 5.37. The Hall–Kier alpha value is -1.59. The lowest BCUT2D eigenvalue weighted by atomic mass is 10.1. The van der Waals surface area contributed by atoms with Crippen molar-refractivity contribution in [2.24, 2.45) is 0 Å². The smallest absolute Gasteiger partial charge is 0.293 e. The number of amides is 2. The number of quaternary nitrogens is 1. The van der Waals surface area contributed by atoms with Crippen molar-refractivity contribution in [2.75, 3.05) is 13.1 Å². The lowest BCUT2D eigenvalue weighted by Gasteiger charge is -2.08. The van der Waals surface area contributed by atoms with Gasteiger partial charge in [-0.3, -0.25) is 14.5 Å². The average Bonchev–Trinajstić information content (AvgIpc) is 2.60. The standard InChI is InChI=1S/C13H14N2O2S/c1-9-2-4-10(5-3-9)8-11-12(16)15(7-6-14)13(17)18-11/h2-5,8H,6-7,14H2,1H3/p+1/b11-8-. The zero-order valence-electron chi connectivity index (χ0n) is 10.2. The van der Waals surface area contributed by atoms with E-state index in [4.69, 9.17) is 0 Å². The van der Waals surface area contributed by atoms with E-state index in [1.54, 1.807) is 6.08 Å². The molecule has 5 heteroatoms. The average molecular weight is 263 g/mol. The number of carbonyl (C=O) groups is 2. The Morgan fingerprint density at radius 2 is 1.94 bits per heavy atom. The van der Waals surface area contributed by atoms with Crippen LogP contribution in [0.4, 0.5) is 4.79 Å². The summed E-state index contributed by atoms with van der Waals surface area (Å²) in [5.41, 5.74) is 5.76. The zero-order valence-corrected chi connectivity index (χ0v) is 11.0. The van der Waals surface area contributed by atoms with Crippen LogP contribution in [0.1, 0.15) is 11.1 Å². The Balaban J connectivity index is 2.22. The number of hydrogen-bond donors (Lipinski definition) is 1. The van der Waals surface area contributed by atoms with Crippen LogP contribution in [0, 0.1) is 6.92 Å². The number of benzene rings is 1. The Morgan fingerprint density at radius 1 is 1.28 bits per heavy atom. The van der Waals surface area contributed by atoms with Crippen LogP contribution in [-0.2, 0) is 4.79 Å². The summed E-state index contributed by atoms with van der Waals surface area (Å²) in [4.78, 5) is 25.3.